The molecule has 1 N–H and O–H groups in total. The Morgan fingerprint density at radius 2 is 1.96 bits per heavy atom. The Balaban J connectivity index is 3.24. The number of halogens is 1. The maximum atomic E-state index is 11.8. The lowest BCUT2D eigenvalue weighted by Gasteiger charge is -2.20. The second-order valence-corrected chi connectivity index (χ2v) is 6.55. The van der Waals surface area contributed by atoms with Crippen LogP contribution in [0.1, 0.15) is 26.3 Å². The van der Waals surface area contributed by atoms with Crippen molar-refractivity contribution < 1.29 is 24.0 Å². The predicted octanol–water partition coefficient (Wildman–Crippen LogP) is 3.40. The number of hydrogen-bond donors (Lipinski definition) is 1. The van der Waals surface area contributed by atoms with Crippen molar-refractivity contribution in [2.24, 2.45) is 0 Å². The zero-order valence-corrected chi connectivity index (χ0v) is 15.2. The lowest BCUT2D eigenvalue weighted by molar-refractivity contribution is -0.385. The molecular weight excluding hydrogens is 384 g/mol. The highest BCUT2D eigenvalue weighted by Crippen LogP contribution is 2.25. The van der Waals surface area contributed by atoms with Crippen molar-refractivity contribution in [2.45, 2.75) is 26.4 Å². The third-order valence-corrected chi connectivity index (χ3v) is 3.02. The summed E-state index contributed by atoms with van der Waals surface area (Å²) in [6.07, 6.45) is 0.273. The number of esters is 1. The first kappa shape index (κ1) is 19.6. The van der Waals surface area contributed by atoms with Crippen LogP contribution in [-0.2, 0) is 14.3 Å². The summed E-state index contributed by atoms with van der Waals surface area (Å²) >= 11 is 3.20. The zero-order chi connectivity index (χ0) is 18.5. The Morgan fingerprint density at radius 1 is 1.33 bits per heavy atom. The molecule has 0 unspecified atom stereocenters. The monoisotopic (exact) mass is 400 g/mol. The summed E-state index contributed by atoms with van der Waals surface area (Å²) in [6.45, 7) is 4.98. The van der Waals surface area contributed by atoms with Gasteiger partial charge in [-0.15, -0.1) is 0 Å². The molecule has 1 rings (SSSR count). The number of nitro benzene ring substituents is 1. The highest BCUT2D eigenvalue weighted by atomic mass is 79.9. The minimum atomic E-state index is -0.878. The van der Waals surface area contributed by atoms with Gasteiger partial charge in [-0.2, -0.15) is 0 Å². The fourth-order valence-electron chi connectivity index (χ4n) is 1.63. The molecule has 0 aliphatic rings. The number of alkyl carbamates (subject to hydrolysis) is 1. The van der Waals surface area contributed by atoms with E-state index in [-0.39, 0.29) is 16.9 Å². The Bertz CT molecular complexity index is 694. The van der Waals surface area contributed by atoms with Crippen LogP contribution in [0.3, 0.4) is 0 Å². The van der Waals surface area contributed by atoms with Gasteiger partial charge in [0, 0.05) is 10.5 Å². The average Bonchev–Trinajstić information content (AvgIpc) is 2.43. The van der Waals surface area contributed by atoms with E-state index < -0.39 is 22.6 Å². The van der Waals surface area contributed by atoms with Crippen LogP contribution >= 0.6 is 15.9 Å². The van der Waals surface area contributed by atoms with E-state index in [1.807, 2.05) is 0 Å². The topological polar surface area (TPSA) is 108 Å². The molecule has 8 nitrogen and oxygen atoms in total. The van der Waals surface area contributed by atoms with Gasteiger partial charge in [0.15, 0.2) is 0 Å². The number of carbonyl (C=O) groups excluding carboxylic acids is 2. The van der Waals surface area contributed by atoms with Crippen LogP contribution in [0.5, 0.6) is 0 Å². The number of methoxy groups -OCH3 is 1. The average molecular weight is 401 g/mol. The van der Waals surface area contributed by atoms with Gasteiger partial charge in [-0.3, -0.25) is 15.4 Å². The van der Waals surface area contributed by atoms with Crippen molar-refractivity contribution in [1.29, 1.82) is 0 Å². The summed E-state index contributed by atoms with van der Waals surface area (Å²) in [5.74, 6) is -0.866. The van der Waals surface area contributed by atoms with Crippen LogP contribution < -0.4 is 5.32 Å². The quantitative estimate of drug-likeness (QED) is 0.359. The van der Waals surface area contributed by atoms with Gasteiger partial charge in [0.25, 0.3) is 5.69 Å². The van der Waals surface area contributed by atoms with Gasteiger partial charge in [0.1, 0.15) is 11.3 Å². The van der Waals surface area contributed by atoms with Crippen LogP contribution in [-0.4, -0.2) is 29.7 Å². The van der Waals surface area contributed by atoms with E-state index >= 15 is 0 Å². The number of rotatable bonds is 4. The van der Waals surface area contributed by atoms with E-state index in [1.54, 1.807) is 20.8 Å². The highest BCUT2D eigenvalue weighted by Gasteiger charge is 2.21. The minimum absolute atomic E-state index is 0.117. The second kappa shape index (κ2) is 7.91. The molecule has 24 heavy (non-hydrogen) atoms. The largest absolute Gasteiger partial charge is 0.464 e. The van der Waals surface area contributed by atoms with Crippen molar-refractivity contribution in [3.8, 4) is 0 Å². The first-order chi connectivity index (χ1) is 11.0. The minimum Gasteiger partial charge on any atom is -0.464 e. The third-order valence-electron chi connectivity index (χ3n) is 2.53. The van der Waals surface area contributed by atoms with Crippen molar-refractivity contribution in [1.82, 2.24) is 5.32 Å². The van der Waals surface area contributed by atoms with Gasteiger partial charge >= 0.3 is 12.1 Å². The molecule has 0 atom stereocenters. The molecule has 1 amide bonds. The summed E-state index contributed by atoms with van der Waals surface area (Å²) in [4.78, 5) is 34.2. The zero-order valence-electron chi connectivity index (χ0n) is 13.6. The number of nitrogens with zero attached hydrogens (tertiary/aromatic N) is 1. The van der Waals surface area contributed by atoms with Gasteiger partial charge in [-0.1, -0.05) is 15.9 Å². The SMILES string of the molecule is COC(=O)/C(=C/c1cc(Br)ccc1[N+](=O)[O-])NC(=O)OC(C)(C)C. The van der Waals surface area contributed by atoms with Crippen LogP contribution in [0.15, 0.2) is 28.4 Å². The summed E-state index contributed by atoms with van der Waals surface area (Å²) < 4.78 is 10.2. The fourth-order valence-corrected chi connectivity index (χ4v) is 2.01. The molecule has 0 spiro atoms. The number of nitrogens with one attached hydrogen (secondary N) is 1. The van der Waals surface area contributed by atoms with E-state index in [0.29, 0.717) is 4.47 Å². The number of hydrogen-bond acceptors (Lipinski definition) is 6. The molecule has 0 aliphatic heterocycles. The van der Waals surface area contributed by atoms with E-state index in [4.69, 9.17) is 4.74 Å². The maximum absolute atomic E-state index is 11.8. The summed E-state index contributed by atoms with van der Waals surface area (Å²) in [7, 11) is 1.13. The Morgan fingerprint density at radius 3 is 2.46 bits per heavy atom. The van der Waals surface area contributed by atoms with Crippen LogP contribution in [0.2, 0.25) is 0 Å². The van der Waals surface area contributed by atoms with Crippen LogP contribution in [0, 0.1) is 10.1 Å². The first-order valence-corrected chi connectivity index (χ1v) is 7.56. The van der Waals surface area contributed by atoms with Crippen molar-refractivity contribution in [3.05, 3.63) is 44.0 Å². The standard InChI is InChI=1S/C15H17BrN2O6/c1-15(2,3)24-14(20)17-11(13(19)23-4)8-9-7-10(16)5-6-12(9)18(21)22/h5-8H,1-4H3,(H,17,20)/b11-8-. The van der Waals surface area contributed by atoms with Crippen LogP contribution in [0.25, 0.3) is 6.08 Å². The van der Waals surface area contributed by atoms with Crippen molar-refractivity contribution >= 4 is 39.8 Å². The molecule has 0 radical (unpaired) electrons. The van der Waals surface area contributed by atoms with Gasteiger partial charge < -0.3 is 9.47 Å². The molecule has 0 aromatic heterocycles. The summed E-state index contributed by atoms with van der Waals surface area (Å²) in [5.41, 5.74) is -1.17. The lowest BCUT2D eigenvalue weighted by Crippen LogP contribution is -2.34. The molecule has 0 saturated heterocycles. The molecule has 130 valence electrons. The molecule has 0 heterocycles. The summed E-state index contributed by atoms with van der Waals surface area (Å²) in [6, 6.07) is 4.21. The molecule has 0 aliphatic carbocycles. The Kier molecular flexibility index (Phi) is 6.47. The van der Waals surface area contributed by atoms with Crippen LogP contribution in [0.4, 0.5) is 10.5 Å². The molecule has 1 aromatic rings. The summed E-state index contributed by atoms with van der Waals surface area (Å²) in [5, 5.41) is 13.3. The molecular formula is C15H17BrN2O6. The second-order valence-electron chi connectivity index (χ2n) is 5.64. The van der Waals surface area contributed by atoms with E-state index in [2.05, 4.69) is 26.0 Å². The smallest absolute Gasteiger partial charge is 0.412 e. The molecule has 0 fully saturated rings. The van der Waals surface area contributed by atoms with Gasteiger partial charge in [0.05, 0.1) is 17.6 Å². The fraction of sp³-hybridized carbons (Fsp3) is 0.333. The number of nitro groups is 1. The van der Waals surface area contributed by atoms with Crippen molar-refractivity contribution in [2.75, 3.05) is 7.11 Å². The molecule has 0 bridgehead atoms. The van der Waals surface area contributed by atoms with E-state index in [0.717, 1.165) is 13.2 Å². The number of carbonyl (C=O) groups is 2. The first-order valence-electron chi connectivity index (χ1n) is 6.77. The predicted molar refractivity (Wildman–Crippen MR) is 90.2 cm³/mol. The number of amides is 1. The molecule has 1 aromatic carbocycles. The third kappa shape index (κ3) is 5.99. The normalized spacial score (nSPS) is 11.6. The maximum Gasteiger partial charge on any atom is 0.412 e. The number of benzene rings is 1. The van der Waals surface area contributed by atoms with Gasteiger partial charge in [0.2, 0.25) is 0 Å². The van der Waals surface area contributed by atoms with Crippen molar-refractivity contribution in [3.63, 3.8) is 0 Å². The molecule has 9 heteroatoms. The lowest BCUT2D eigenvalue weighted by atomic mass is 10.1. The highest BCUT2D eigenvalue weighted by molar-refractivity contribution is 9.10. The van der Waals surface area contributed by atoms with E-state index in [9.17, 15) is 19.7 Å². The van der Waals surface area contributed by atoms with Gasteiger partial charge in [-0.25, -0.2) is 9.59 Å². The number of ether oxygens (including phenoxy) is 2. The molecule has 0 saturated carbocycles. The Labute approximate surface area is 147 Å². The Hall–Kier alpha value is -2.42. The van der Waals surface area contributed by atoms with E-state index in [1.165, 1.54) is 18.2 Å². The van der Waals surface area contributed by atoms with Gasteiger partial charge in [-0.05, 0) is 39.0 Å².